The summed E-state index contributed by atoms with van der Waals surface area (Å²) >= 11 is 0. The van der Waals surface area contributed by atoms with Crippen LogP contribution >= 0.6 is 0 Å². The van der Waals surface area contributed by atoms with Crippen molar-refractivity contribution in [2.75, 3.05) is 39.8 Å². The van der Waals surface area contributed by atoms with Crippen molar-refractivity contribution in [1.29, 1.82) is 0 Å². The minimum atomic E-state index is -0.151. The molecule has 1 amide bonds. The molecule has 4 nitrogen and oxygen atoms in total. The van der Waals surface area contributed by atoms with Gasteiger partial charge in [-0.15, -0.1) is 0 Å². The van der Waals surface area contributed by atoms with Crippen LogP contribution in [-0.2, 0) is 0 Å². The normalized spacial score (nSPS) is 15.8. The number of carbonyl (C=O) groups is 1. The smallest absolute Gasteiger partial charge is 0.253 e. The molecule has 0 saturated carbocycles. The van der Waals surface area contributed by atoms with Gasteiger partial charge in [0.2, 0.25) is 0 Å². The Morgan fingerprint density at radius 1 is 1.21 bits per heavy atom. The molecule has 0 aliphatic carbocycles. The number of carbonyl (C=O) groups excluding carboxylic acids is 1. The predicted octanol–water partition coefficient (Wildman–Crippen LogP) is 0.418. The number of amides is 1. The molecule has 19 heavy (non-hydrogen) atoms. The molecule has 1 aromatic rings. The number of aliphatic hydroxyl groups excluding tert-OH is 1. The largest absolute Gasteiger partial charge is 0.384 e. The molecular formula is C15H18N2O2. The number of likely N-dealkylation sites (N-methyl/N-ethyl adjacent to an activating group) is 1. The summed E-state index contributed by atoms with van der Waals surface area (Å²) in [5.74, 6) is 5.48. The summed E-state index contributed by atoms with van der Waals surface area (Å²) in [5, 5.41) is 8.62. The molecular weight excluding hydrogens is 240 g/mol. The summed E-state index contributed by atoms with van der Waals surface area (Å²) in [7, 11) is 2.07. The van der Waals surface area contributed by atoms with Gasteiger partial charge in [-0.3, -0.25) is 4.79 Å². The van der Waals surface area contributed by atoms with Gasteiger partial charge in [-0.2, -0.15) is 0 Å². The molecule has 1 aromatic carbocycles. The number of hydrogen-bond acceptors (Lipinski definition) is 3. The van der Waals surface area contributed by atoms with Gasteiger partial charge in [0.1, 0.15) is 6.61 Å². The topological polar surface area (TPSA) is 43.8 Å². The summed E-state index contributed by atoms with van der Waals surface area (Å²) in [4.78, 5) is 16.4. The minimum absolute atomic E-state index is 0.0785. The lowest BCUT2D eigenvalue weighted by molar-refractivity contribution is 0.0664. The van der Waals surface area contributed by atoms with Crippen LogP contribution < -0.4 is 0 Å². The maximum absolute atomic E-state index is 12.3. The Bertz CT molecular complexity index is 491. The highest BCUT2D eigenvalue weighted by molar-refractivity contribution is 5.94. The monoisotopic (exact) mass is 258 g/mol. The zero-order valence-corrected chi connectivity index (χ0v) is 11.1. The van der Waals surface area contributed by atoms with Crippen LogP contribution in [0.5, 0.6) is 0 Å². The maximum atomic E-state index is 12.3. The Morgan fingerprint density at radius 3 is 2.42 bits per heavy atom. The molecule has 1 saturated heterocycles. The first-order valence-corrected chi connectivity index (χ1v) is 6.38. The van der Waals surface area contributed by atoms with E-state index in [4.69, 9.17) is 5.11 Å². The molecule has 100 valence electrons. The van der Waals surface area contributed by atoms with Gasteiger partial charge < -0.3 is 14.9 Å². The molecule has 1 aliphatic rings. The van der Waals surface area contributed by atoms with Gasteiger partial charge in [-0.1, -0.05) is 11.8 Å². The van der Waals surface area contributed by atoms with E-state index < -0.39 is 0 Å². The van der Waals surface area contributed by atoms with Crippen LogP contribution in [0.2, 0.25) is 0 Å². The van der Waals surface area contributed by atoms with E-state index in [9.17, 15) is 4.79 Å². The highest BCUT2D eigenvalue weighted by Gasteiger charge is 2.19. The third kappa shape index (κ3) is 3.57. The predicted molar refractivity (Wildman–Crippen MR) is 73.8 cm³/mol. The first-order chi connectivity index (χ1) is 9.20. The number of nitrogens with zero attached hydrogens (tertiary/aromatic N) is 2. The molecule has 0 spiro atoms. The number of rotatable bonds is 1. The Balaban J connectivity index is 2.03. The second-order valence-electron chi connectivity index (χ2n) is 4.63. The van der Waals surface area contributed by atoms with Crippen molar-refractivity contribution in [3.8, 4) is 11.8 Å². The van der Waals surface area contributed by atoms with E-state index in [2.05, 4.69) is 23.8 Å². The van der Waals surface area contributed by atoms with Crippen LogP contribution in [0, 0.1) is 11.8 Å². The van der Waals surface area contributed by atoms with E-state index >= 15 is 0 Å². The van der Waals surface area contributed by atoms with E-state index in [0.717, 1.165) is 31.7 Å². The second-order valence-corrected chi connectivity index (χ2v) is 4.63. The van der Waals surface area contributed by atoms with Crippen molar-refractivity contribution in [1.82, 2.24) is 9.80 Å². The lowest BCUT2D eigenvalue weighted by atomic mass is 10.1. The zero-order chi connectivity index (χ0) is 13.7. The zero-order valence-electron chi connectivity index (χ0n) is 11.1. The first kappa shape index (κ1) is 13.6. The molecule has 1 N–H and O–H groups in total. The van der Waals surface area contributed by atoms with Gasteiger partial charge in [-0.25, -0.2) is 0 Å². The van der Waals surface area contributed by atoms with E-state index in [1.165, 1.54) is 0 Å². The molecule has 1 heterocycles. The highest BCUT2D eigenvalue weighted by atomic mass is 16.2. The van der Waals surface area contributed by atoms with Gasteiger partial charge in [0, 0.05) is 37.3 Å². The van der Waals surface area contributed by atoms with Gasteiger partial charge in [0.15, 0.2) is 0 Å². The summed E-state index contributed by atoms with van der Waals surface area (Å²) in [6.45, 7) is 3.25. The Labute approximate surface area is 113 Å². The Morgan fingerprint density at radius 2 is 1.84 bits per heavy atom. The van der Waals surface area contributed by atoms with Crippen molar-refractivity contribution in [2.45, 2.75) is 0 Å². The van der Waals surface area contributed by atoms with Crippen LogP contribution in [0.3, 0.4) is 0 Å². The van der Waals surface area contributed by atoms with Crippen LogP contribution in [0.1, 0.15) is 15.9 Å². The molecule has 0 bridgehead atoms. The second kappa shape index (κ2) is 6.37. The summed E-state index contributed by atoms with van der Waals surface area (Å²) in [5.41, 5.74) is 1.50. The fraction of sp³-hybridized carbons (Fsp3) is 0.400. The van der Waals surface area contributed by atoms with Crippen molar-refractivity contribution >= 4 is 5.91 Å². The van der Waals surface area contributed by atoms with Gasteiger partial charge in [0.05, 0.1) is 0 Å². The number of piperazine rings is 1. The summed E-state index contributed by atoms with van der Waals surface area (Å²) < 4.78 is 0. The Kier molecular flexibility index (Phi) is 4.56. The highest BCUT2D eigenvalue weighted by Crippen LogP contribution is 2.09. The van der Waals surface area contributed by atoms with Gasteiger partial charge in [-0.05, 0) is 31.3 Å². The molecule has 1 fully saturated rings. The van der Waals surface area contributed by atoms with E-state index in [0.29, 0.717) is 5.56 Å². The summed E-state index contributed by atoms with van der Waals surface area (Å²) in [6.07, 6.45) is 0. The molecule has 0 radical (unpaired) electrons. The average molecular weight is 258 g/mol. The van der Waals surface area contributed by atoms with Crippen LogP contribution in [0.4, 0.5) is 0 Å². The van der Waals surface area contributed by atoms with Crippen molar-refractivity contribution < 1.29 is 9.90 Å². The van der Waals surface area contributed by atoms with E-state index in [1.54, 1.807) is 12.1 Å². The molecule has 0 aromatic heterocycles. The third-order valence-corrected chi connectivity index (χ3v) is 3.23. The van der Waals surface area contributed by atoms with Crippen molar-refractivity contribution in [2.24, 2.45) is 0 Å². The van der Waals surface area contributed by atoms with Gasteiger partial charge in [0.25, 0.3) is 5.91 Å². The number of hydrogen-bond donors (Lipinski definition) is 1. The third-order valence-electron chi connectivity index (χ3n) is 3.23. The molecule has 2 rings (SSSR count). The lowest BCUT2D eigenvalue weighted by Gasteiger charge is -2.32. The minimum Gasteiger partial charge on any atom is -0.384 e. The van der Waals surface area contributed by atoms with E-state index in [1.807, 2.05) is 17.0 Å². The van der Waals surface area contributed by atoms with Gasteiger partial charge >= 0.3 is 0 Å². The molecule has 1 aliphatic heterocycles. The SMILES string of the molecule is CN1CCN(C(=O)c2ccc(C#CCO)cc2)CC1. The van der Waals surface area contributed by atoms with Crippen molar-refractivity contribution in [3.63, 3.8) is 0 Å². The molecule has 0 unspecified atom stereocenters. The molecule has 0 atom stereocenters. The van der Waals surface area contributed by atoms with Crippen LogP contribution in [-0.4, -0.2) is 60.6 Å². The quantitative estimate of drug-likeness (QED) is 0.742. The first-order valence-electron chi connectivity index (χ1n) is 6.38. The Hall–Kier alpha value is -1.83. The fourth-order valence-electron chi connectivity index (χ4n) is 2.03. The molecule has 4 heteroatoms. The maximum Gasteiger partial charge on any atom is 0.253 e. The van der Waals surface area contributed by atoms with Crippen LogP contribution in [0.15, 0.2) is 24.3 Å². The average Bonchev–Trinajstić information content (AvgIpc) is 2.46. The number of aliphatic hydroxyl groups is 1. The van der Waals surface area contributed by atoms with Crippen LogP contribution in [0.25, 0.3) is 0 Å². The lowest BCUT2D eigenvalue weighted by Crippen LogP contribution is -2.47. The fourth-order valence-corrected chi connectivity index (χ4v) is 2.03. The standard InChI is InChI=1S/C15H18N2O2/c1-16-8-10-17(11-9-16)15(19)14-6-4-13(5-7-14)3-2-12-18/h4-7,18H,8-12H2,1H3. The van der Waals surface area contributed by atoms with Crippen molar-refractivity contribution in [3.05, 3.63) is 35.4 Å². The van der Waals surface area contributed by atoms with E-state index in [-0.39, 0.29) is 12.5 Å². The summed E-state index contributed by atoms with van der Waals surface area (Å²) in [6, 6.07) is 7.21. The number of benzene rings is 1.